The quantitative estimate of drug-likeness (QED) is 0.760. The number of benzene rings is 1. The zero-order chi connectivity index (χ0) is 10.3. The van der Waals surface area contributed by atoms with Crippen molar-refractivity contribution in [3.63, 3.8) is 0 Å². The number of phenols is 1. The Kier molecular flexibility index (Phi) is 1.96. The highest BCUT2D eigenvalue weighted by Crippen LogP contribution is 2.48. The van der Waals surface area contributed by atoms with Gasteiger partial charge < -0.3 is 10.8 Å². The lowest BCUT2D eigenvalue weighted by molar-refractivity contribution is 0.394. The van der Waals surface area contributed by atoms with Crippen LogP contribution in [0.3, 0.4) is 0 Å². The molecule has 1 aliphatic rings. The summed E-state index contributed by atoms with van der Waals surface area (Å²) >= 11 is 0. The Hall–Kier alpha value is -1.16. The van der Waals surface area contributed by atoms with Crippen molar-refractivity contribution >= 4 is 0 Å². The van der Waals surface area contributed by atoms with Crippen LogP contribution < -0.4 is 5.73 Å². The Morgan fingerprint density at radius 2 is 1.79 bits per heavy atom. The van der Waals surface area contributed by atoms with Crippen LogP contribution >= 0.6 is 0 Å². The van der Waals surface area contributed by atoms with Gasteiger partial charge in [-0.15, -0.1) is 0 Å². The number of aromatic hydroxyl groups is 1. The number of nitrogens with two attached hydrogens (primary N) is 1. The van der Waals surface area contributed by atoms with Crippen LogP contribution in [0.5, 0.6) is 5.75 Å². The fourth-order valence-corrected chi connectivity index (χ4v) is 1.63. The molecule has 0 heterocycles. The van der Waals surface area contributed by atoms with Gasteiger partial charge in [-0.2, -0.15) is 0 Å². The number of hydrogen-bond donors (Lipinski definition) is 2. The molecular weight excluding hydrogens is 188 g/mol. The first-order chi connectivity index (χ1) is 6.59. The van der Waals surface area contributed by atoms with Crippen LogP contribution in [-0.4, -0.2) is 11.7 Å². The van der Waals surface area contributed by atoms with Crippen LogP contribution in [0.1, 0.15) is 18.4 Å². The lowest BCUT2D eigenvalue weighted by Crippen LogP contribution is -2.20. The van der Waals surface area contributed by atoms with Gasteiger partial charge in [0.15, 0.2) is 17.4 Å². The molecule has 1 aromatic rings. The van der Waals surface area contributed by atoms with Crippen LogP contribution in [0.25, 0.3) is 0 Å². The predicted octanol–water partition coefficient (Wildman–Crippen LogP) is 1.66. The van der Waals surface area contributed by atoms with Crippen LogP contribution in [0, 0.1) is 11.6 Å². The van der Waals surface area contributed by atoms with Crippen molar-refractivity contribution in [2.24, 2.45) is 5.73 Å². The molecule has 14 heavy (non-hydrogen) atoms. The molecule has 76 valence electrons. The van der Waals surface area contributed by atoms with Gasteiger partial charge in [0.1, 0.15) is 0 Å². The summed E-state index contributed by atoms with van der Waals surface area (Å²) in [5.74, 6) is -2.75. The van der Waals surface area contributed by atoms with Crippen molar-refractivity contribution in [1.29, 1.82) is 0 Å². The maximum atomic E-state index is 13.0. The third-order valence-electron chi connectivity index (χ3n) is 2.87. The predicted molar refractivity (Wildman–Crippen MR) is 48.0 cm³/mol. The first-order valence-electron chi connectivity index (χ1n) is 4.48. The summed E-state index contributed by atoms with van der Waals surface area (Å²) in [6.45, 7) is 0.386. The van der Waals surface area contributed by atoms with Crippen molar-refractivity contribution in [3.05, 3.63) is 29.3 Å². The molecule has 0 atom stereocenters. The lowest BCUT2D eigenvalue weighted by Gasteiger charge is -2.13. The minimum atomic E-state index is -0.917. The van der Waals surface area contributed by atoms with Crippen molar-refractivity contribution in [2.45, 2.75) is 18.3 Å². The zero-order valence-electron chi connectivity index (χ0n) is 7.56. The molecule has 0 aliphatic heterocycles. The van der Waals surface area contributed by atoms with Gasteiger partial charge in [0.25, 0.3) is 0 Å². The monoisotopic (exact) mass is 199 g/mol. The van der Waals surface area contributed by atoms with Gasteiger partial charge in [-0.3, -0.25) is 0 Å². The molecule has 0 spiro atoms. The van der Waals surface area contributed by atoms with Crippen molar-refractivity contribution in [3.8, 4) is 5.75 Å². The summed E-state index contributed by atoms with van der Waals surface area (Å²) < 4.78 is 26.0. The van der Waals surface area contributed by atoms with E-state index in [1.54, 1.807) is 0 Å². The average Bonchev–Trinajstić information content (AvgIpc) is 2.94. The van der Waals surface area contributed by atoms with Crippen molar-refractivity contribution in [1.82, 2.24) is 0 Å². The number of hydrogen-bond acceptors (Lipinski definition) is 2. The summed E-state index contributed by atoms with van der Waals surface area (Å²) in [7, 11) is 0. The summed E-state index contributed by atoms with van der Waals surface area (Å²) in [6.07, 6.45) is 1.71. The highest BCUT2D eigenvalue weighted by molar-refractivity contribution is 5.38. The molecule has 0 unspecified atom stereocenters. The second-order valence-corrected chi connectivity index (χ2v) is 3.77. The lowest BCUT2D eigenvalue weighted by atomic mass is 9.96. The van der Waals surface area contributed by atoms with E-state index in [1.807, 2.05) is 0 Å². The fourth-order valence-electron chi connectivity index (χ4n) is 1.63. The van der Waals surface area contributed by atoms with E-state index in [1.165, 1.54) is 0 Å². The molecule has 1 saturated carbocycles. The normalized spacial score (nSPS) is 18.2. The largest absolute Gasteiger partial charge is 0.503 e. The molecule has 2 nitrogen and oxygen atoms in total. The molecule has 1 aliphatic carbocycles. The van der Waals surface area contributed by atoms with Gasteiger partial charge in [0.05, 0.1) is 0 Å². The zero-order valence-corrected chi connectivity index (χ0v) is 7.56. The van der Waals surface area contributed by atoms with E-state index in [4.69, 9.17) is 10.8 Å². The van der Waals surface area contributed by atoms with E-state index in [-0.39, 0.29) is 5.41 Å². The molecule has 0 aromatic heterocycles. The SMILES string of the molecule is NCC1(c2cc(F)c(O)c(F)c2)CC1. The van der Waals surface area contributed by atoms with Crippen molar-refractivity contribution in [2.75, 3.05) is 6.54 Å². The van der Waals surface area contributed by atoms with Gasteiger partial charge in [-0.25, -0.2) is 8.78 Å². The van der Waals surface area contributed by atoms with Crippen LogP contribution in [0.4, 0.5) is 8.78 Å². The van der Waals surface area contributed by atoms with Gasteiger partial charge >= 0.3 is 0 Å². The molecule has 0 amide bonds. The number of halogens is 2. The molecule has 0 saturated heterocycles. The van der Waals surface area contributed by atoms with E-state index in [0.29, 0.717) is 12.1 Å². The Morgan fingerprint density at radius 3 is 2.14 bits per heavy atom. The summed E-state index contributed by atoms with van der Waals surface area (Å²) in [6, 6.07) is 2.33. The van der Waals surface area contributed by atoms with Crippen molar-refractivity contribution < 1.29 is 13.9 Å². The second kappa shape index (κ2) is 2.92. The highest BCUT2D eigenvalue weighted by atomic mass is 19.1. The fraction of sp³-hybridized carbons (Fsp3) is 0.400. The van der Waals surface area contributed by atoms with Gasteiger partial charge in [-0.1, -0.05) is 0 Å². The van der Waals surface area contributed by atoms with Gasteiger partial charge in [0, 0.05) is 12.0 Å². The summed E-state index contributed by atoms with van der Waals surface area (Å²) in [5.41, 5.74) is 5.83. The standard InChI is InChI=1S/C10H11F2NO/c11-7-3-6(4-8(12)9(7)14)10(5-13)1-2-10/h3-4,14H,1-2,5,13H2. The number of rotatable bonds is 2. The van der Waals surface area contributed by atoms with E-state index in [0.717, 1.165) is 25.0 Å². The van der Waals surface area contributed by atoms with Crippen LogP contribution in [0.2, 0.25) is 0 Å². The van der Waals surface area contributed by atoms with Crippen LogP contribution in [0.15, 0.2) is 12.1 Å². The average molecular weight is 199 g/mol. The molecular formula is C10H11F2NO. The Bertz CT molecular complexity index is 351. The maximum absolute atomic E-state index is 13.0. The molecule has 0 bridgehead atoms. The molecule has 1 aromatic carbocycles. The topological polar surface area (TPSA) is 46.2 Å². The summed E-state index contributed by atoms with van der Waals surface area (Å²) in [4.78, 5) is 0. The molecule has 4 heteroatoms. The Labute approximate surface area is 80.4 Å². The molecule has 1 fully saturated rings. The van der Waals surface area contributed by atoms with Gasteiger partial charge in [-0.05, 0) is 30.5 Å². The first-order valence-corrected chi connectivity index (χ1v) is 4.48. The van der Waals surface area contributed by atoms with Gasteiger partial charge in [0.2, 0.25) is 0 Å². The minimum Gasteiger partial charge on any atom is -0.503 e. The smallest absolute Gasteiger partial charge is 0.187 e. The van der Waals surface area contributed by atoms with Crippen LogP contribution in [-0.2, 0) is 5.41 Å². The van der Waals surface area contributed by atoms with E-state index in [9.17, 15) is 8.78 Å². The molecule has 0 radical (unpaired) electrons. The van der Waals surface area contributed by atoms with E-state index >= 15 is 0 Å². The Balaban J connectivity index is 2.46. The molecule has 3 N–H and O–H groups in total. The maximum Gasteiger partial charge on any atom is 0.187 e. The van der Waals surface area contributed by atoms with E-state index < -0.39 is 17.4 Å². The third kappa shape index (κ3) is 1.26. The Morgan fingerprint density at radius 1 is 1.29 bits per heavy atom. The molecule has 2 rings (SSSR count). The first kappa shape index (κ1) is 9.40. The summed E-state index contributed by atoms with van der Waals surface area (Å²) in [5, 5.41) is 8.91. The van der Waals surface area contributed by atoms with E-state index in [2.05, 4.69) is 0 Å². The number of phenolic OH excluding ortho intramolecular Hbond substituents is 1. The second-order valence-electron chi connectivity index (χ2n) is 3.77. The highest BCUT2D eigenvalue weighted by Gasteiger charge is 2.43. The minimum absolute atomic E-state index is 0.255. The third-order valence-corrected chi connectivity index (χ3v) is 2.87.